The quantitative estimate of drug-likeness (QED) is 0.661. The smallest absolute Gasteiger partial charge is 0.233 e. The van der Waals surface area contributed by atoms with Crippen LogP contribution in [-0.4, -0.2) is 31.4 Å². The highest BCUT2D eigenvalue weighted by Gasteiger charge is 2.18. The molecule has 2 aromatic carbocycles. The predicted molar refractivity (Wildman–Crippen MR) is 97.0 cm³/mol. The molecule has 0 spiro atoms. The van der Waals surface area contributed by atoms with Gasteiger partial charge in [0.25, 0.3) is 0 Å². The van der Waals surface area contributed by atoms with E-state index in [0.29, 0.717) is 18.2 Å². The minimum atomic E-state index is -0.288. The number of aromatic nitrogens is 4. The molecule has 0 fully saturated rings. The molecule has 3 aromatic rings. The minimum Gasteiger partial charge on any atom is -0.351 e. The van der Waals surface area contributed by atoms with Crippen LogP contribution in [0.25, 0.3) is 0 Å². The van der Waals surface area contributed by atoms with Gasteiger partial charge in [-0.25, -0.2) is 4.68 Å². The van der Waals surface area contributed by atoms with Crippen LogP contribution in [0.1, 0.15) is 18.1 Å². The molecule has 1 aromatic heterocycles. The second-order valence-corrected chi connectivity index (χ2v) is 6.88. The Hall–Kier alpha value is -2.67. The van der Waals surface area contributed by atoms with Crippen LogP contribution in [0.5, 0.6) is 0 Å². The molecule has 3 rings (SSSR count). The summed E-state index contributed by atoms with van der Waals surface area (Å²) in [5.41, 5.74) is 2.18. The lowest BCUT2D eigenvalue weighted by atomic mass is 10.2. The summed E-state index contributed by atoms with van der Waals surface area (Å²) in [7, 11) is 0. The van der Waals surface area contributed by atoms with E-state index in [9.17, 15) is 4.79 Å². The number of carbonyl (C=O) groups excluding carboxylic acids is 1. The molecule has 128 valence electrons. The van der Waals surface area contributed by atoms with Gasteiger partial charge in [-0.05, 0) is 28.5 Å². The van der Waals surface area contributed by atoms with E-state index >= 15 is 0 Å². The van der Waals surface area contributed by atoms with Gasteiger partial charge in [-0.3, -0.25) is 4.79 Å². The first kappa shape index (κ1) is 17.2. The second-order valence-electron chi connectivity index (χ2n) is 5.57. The highest BCUT2D eigenvalue weighted by Crippen LogP contribution is 2.21. The Kier molecular flexibility index (Phi) is 5.79. The van der Waals surface area contributed by atoms with Crippen molar-refractivity contribution >= 4 is 17.7 Å². The normalized spacial score (nSPS) is 11.9. The van der Waals surface area contributed by atoms with E-state index < -0.39 is 0 Å². The zero-order chi connectivity index (χ0) is 17.5. The van der Waals surface area contributed by atoms with E-state index in [2.05, 4.69) is 20.8 Å². The van der Waals surface area contributed by atoms with Crippen molar-refractivity contribution in [2.45, 2.75) is 30.4 Å². The molecule has 6 nitrogen and oxygen atoms in total. The summed E-state index contributed by atoms with van der Waals surface area (Å²) in [6, 6.07) is 19.8. The van der Waals surface area contributed by atoms with Gasteiger partial charge in [-0.2, -0.15) is 0 Å². The maximum atomic E-state index is 12.3. The summed E-state index contributed by atoms with van der Waals surface area (Å²) in [5, 5.41) is 15.1. The van der Waals surface area contributed by atoms with Crippen molar-refractivity contribution in [3.63, 3.8) is 0 Å². The van der Waals surface area contributed by atoms with Gasteiger partial charge in [-0.1, -0.05) is 72.4 Å². The first-order valence-corrected chi connectivity index (χ1v) is 8.89. The molecule has 0 aliphatic heterocycles. The van der Waals surface area contributed by atoms with Gasteiger partial charge >= 0.3 is 0 Å². The lowest BCUT2D eigenvalue weighted by molar-refractivity contribution is -0.120. The molecule has 1 amide bonds. The van der Waals surface area contributed by atoms with Crippen LogP contribution in [0, 0.1) is 0 Å². The van der Waals surface area contributed by atoms with E-state index in [0.717, 1.165) is 11.1 Å². The SMILES string of the molecule is CC(Sc1nnnn1Cc1ccccc1)C(=O)NCc1ccccc1. The van der Waals surface area contributed by atoms with Gasteiger partial charge in [0.05, 0.1) is 11.8 Å². The summed E-state index contributed by atoms with van der Waals surface area (Å²) >= 11 is 1.35. The van der Waals surface area contributed by atoms with E-state index in [1.165, 1.54) is 11.8 Å². The van der Waals surface area contributed by atoms with Crippen molar-refractivity contribution in [1.82, 2.24) is 25.5 Å². The van der Waals surface area contributed by atoms with Crippen LogP contribution in [0.15, 0.2) is 65.8 Å². The molecule has 0 bridgehead atoms. The van der Waals surface area contributed by atoms with E-state index in [-0.39, 0.29) is 11.2 Å². The molecule has 1 heterocycles. The Morgan fingerprint density at radius 1 is 1.08 bits per heavy atom. The molecule has 1 unspecified atom stereocenters. The Bertz CT molecular complexity index is 807. The summed E-state index contributed by atoms with van der Waals surface area (Å²) in [5.74, 6) is -0.0388. The number of carbonyl (C=O) groups is 1. The van der Waals surface area contributed by atoms with Crippen molar-refractivity contribution in [1.29, 1.82) is 0 Å². The number of hydrogen-bond donors (Lipinski definition) is 1. The zero-order valence-electron chi connectivity index (χ0n) is 13.9. The maximum Gasteiger partial charge on any atom is 0.233 e. The Balaban J connectivity index is 1.57. The molecule has 1 N–H and O–H groups in total. The Morgan fingerprint density at radius 3 is 2.40 bits per heavy atom. The lowest BCUT2D eigenvalue weighted by Crippen LogP contribution is -2.30. The molecule has 0 saturated heterocycles. The van der Waals surface area contributed by atoms with Crippen LogP contribution in [0.2, 0.25) is 0 Å². The fraction of sp³-hybridized carbons (Fsp3) is 0.222. The molecular weight excluding hydrogens is 334 g/mol. The summed E-state index contributed by atoms with van der Waals surface area (Å²) in [6.45, 7) is 2.95. The molecule has 0 saturated carbocycles. The van der Waals surface area contributed by atoms with Gasteiger partial charge in [0.1, 0.15) is 0 Å². The summed E-state index contributed by atoms with van der Waals surface area (Å²) in [4.78, 5) is 12.3. The molecule has 7 heteroatoms. The standard InChI is InChI=1S/C18H19N5OS/c1-14(17(24)19-12-15-8-4-2-5-9-15)25-18-20-21-22-23(18)13-16-10-6-3-7-11-16/h2-11,14H,12-13H2,1H3,(H,19,24). The number of benzene rings is 2. The largest absolute Gasteiger partial charge is 0.351 e. The van der Waals surface area contributed by atoms with Crippen LogP contribution < -0.4 is 5.32 Å². The molecular formula is C18H19N5OS. The van der Waals surface area contributed by atoms with Crippen molar-refractivity contribution in [3.8, 4) is 0 Å². The average molecular weight is 353 g/mol. The third-order valence-corrected chi connectivity index (χ3v) is 4.71. The maximum absolute atomic E-state index is 12.3. The van der Waals surface area contributed by atoms with Gasteiger partial charge < -0.3 is 5.32 Å². The third-order valence-electron chi connectivity index (χ3n) is 3.64. The van der Waals surface area contributed by atoms with Gasteiger partial charge in [-0.15, -0.1) is 5.10 Å². The lowest BCUT2D eigenvalue weighted by Gasteiger charge is -2.12. The van der Waals surface area contributed by atoms with Crippen molar-refractivity contribution in [2.75, 3.05) is 0 Å². The summed E-state index contributed by atoms with van der Waals surface area (Å²) in [6.07, 6.45) is 0. The van der Waals surface area contributed by atoms with Crippen LogP contribution in [0.3, 0.4) is 0 Å². The van der Waals surface area contributed by atoms with Crippen molar-refractivity contribution in [3.05, 3.63) is 71.8 Å². The monoisotopic (exact) mass is 353 g/mol. The van der Waals surface area contributed by atoms with Crippen molar-refractivity contribution < 1.29 is 4.79 Å². The Morgan fingerprint density at radius 2 is 1.72 bits per heavy atom. The number of amides is 1. The number of rotatable bonds is 7. The Labute approximate surface area is 150 Å². The topological polar surface area (TPSA) is 72.7 Å². The van der Waals surface area contributed by atoms with Crippen LogP contribution in [-0.2, 0) is 17.9 Å². The van der Waals surface area contributed by atoms with Gasteiger partial charge in [0.15, 0.2) is 0 Å². The molecule has 0 aliphatic carbocycles. The molecule has 0 aliphatic rings. The first-order chi connectivity index (χ1) is 12.2. The van der Waals surface area contributed by atoms with Crippen LogP contribution >= 0.6 is 11.8 Å². The number of hydrogen-bond acceptors (Lipinski definition) is 5. The van der Waals surface area contributed by atoms with Crippen molar-refractivity contribution in [2.24, 2.45) is 0 Å². The average Bonchev–Trinajstić information content (AvgIpc) is 3.08. The zero-order valence-corrected chi connectivity index (χ0v) is 14.7. The number of nitrogens with one attached hydrogen (secondary N) is 1. The second kappa shape index (κ2) is 8.43. The number of tetrazole rings is 1. The minimum absolute atomic E-state index is 0.0388. The predicted octanol–water partition coefficient (Wildman–Crippen LogP) is 2.52. The van der Waals surface area contributed by atoms with Gasteiger partial charge in [0.2, 0.25) is 11.1 Å². The number of nitrogens with zero attached hydrogens (tertiary/aromatic N) is 4. The van der Waals surface area contributed by atoms with Gasteiger partial charge in [0, 0.05) is 6.54 Å². The summed E-state index contributed by atoms with van der Waals surface area (Å²) < 4.78 is 1.71. The molecule has 1 atom stereocenters. The first-order valence-electron chi connectivity index (χ1n) is 8.01. The molecule has 25 heavy (non-hydrogen) atoms. The fourth-order valence-electron chi connectivity index (χ4n) is 2.28. The third kappa shape index (κ3) is 4.90. The van der Waals surface area contributed by atoms with E-state index in [1.54, 1.807) is 4.68 Å². The highest BCUT2D eigenvalue weighted by molar-refractivity contribution is 8.00. The van der Waals surface area contributed by atoms with E-state index in [1.807, 2.05) is 67.6 Å². The van der Waals surface area contributed by atoms with Crippen LogP contribution in [0.4, 0.5) is 0 Å². The number of thioether (sulfide) groups is 1. The van der Waals surface area contributed by atoms with E-state index in [4.69, 9.17) is 0 Å². The molecule has 0 radical (unpaired) electrons. The fourth-order valence-corrected chi connectivity index (χ4v) is 3.09. The highest BCUT2D eigenvalue weighted by atomic mass is 32.2.